The molecule has 21 heavy (non-hydrogen) atoms. The molecule has 0 amide bonds. The van der Waals surface area contributed by atoms with Crippen LogP contribution in [0.5, 0.6) is 5.75 Å². The number of ether oxygens (including phenoxy) is 1. The summed E-state index contributed by atoms with van der Waals surface area (Å²) >= 11 is 1.00. The fourth-order valence-electron chi connectivity index (χ4n) is 1.83. The SMILES string of the molecule is COc1ccsc1S(=O)(=O)N(CCO)c1cccc(F)c1. The second-order valence-corrected chi connectivity index (χ2v) is 7.03. The van der Waals surface area contributed by atoms with Gasteiger partial charge in [0, 0.05) is 0 Å². The van der Waals surface area contributed by atoms with Gasteiger partial charge in [0.2, 0.25) is 0 Å². The average molecular weight is 331 g/mol. The van der Waals surface area contributed by atoms with E-state index in [0.29, 0.717) is 0 Å². The van der Waals surface area contributed by atoms with Gasteiger partial charge in [0.15, 0.2) is 4.21 Å². The Balaban J connectivity index is 2.51. The van der Waals surface area contributed by atoms with Gasteiger partial charge in [0.05, 0.1) is 25.9 Å². The lowest BCUT2D eigenvalue weighted by Crippen LogP contribution is -2.33. The van der Waals surface area contributed by atoms with Gasteiger partial charge in [0.1, 0.15) is 11.6 Å². The van der Waals surface area contributed by atoms with Crippen LogP contribution in [-0.4, -0.2) is 33.8 Å². The molecule has 0 fully saturated rings. The standard InChI is InChI=1S/C13H14FNO4S2/c1-19-12-5-8-20-13(12)21(17,18)15(6-7-16)11-4-2-3-10(14)9-11/h2-5,8-9,16H,6-7H2,1H3. The van der Waals surface area contributed by atoms with Crippen molar-refractivity contribution in [2.24, 2.45) is 0 Å². The van der Waals surface area contributed by atoms with E-state index in [4.69, 9.17) is 9.84 Å². The molecule has 1 aromatic heterocycles. The molecule has 1 N–H and O–H groups in total. The van der Waals surface area contributed by atoms with Gasteiger partial charge in [-0.05, 0) is 29.6 Å². The maximum atomic E-state index is 13.3. The van der Waals surface area contributed by atoms with E-state index in [2.05, 4.69) is 0 Å². The molecule has 0 saturated carbocycles. The number of sulfonamides is 1. The van der Waals surface area contributed by atoms with Gasteiger partial charge in [-0.15, -0.1) is 11.3 Å². The van der Waals surface area contributed by atoms with Crippen molar-refractivity contribution in [2.45, 2.75) is 4.21 Å². The quantitative estimate of drug-likeness (QED) is 0.880. The predicted molar refractivity (Wildman–Crippen MR) is 78.9 cm³/mol. The number of benzene rings is 1. The third kappa shape index (κ3) is 3.17. The second kappa shape index (κ2) is 6.42. The number of hydrogen-bond donors (Lipinski definition) is 1. The Morgan fingerprint density at radius 2 is 2.14 bits per heavy atom. The molecule has 0 aliphatic heterocycles. The van der Waals surface area contributed by atoms with E-state index in [1.807, 2.05) is 0 Å². The van der Waals surface area contributed by atoms with Crippen molar-refractivity contribution in [3.8, 4) is 5.75 Å². The zero-order chi connectivity index (χ0) is 15.5. The summed E-state index contributed by atoms with van der Waals surface area (Å²) in [6, 6.07) is 6.75. The minimum absolute atomic E-state index is 0.0164. The molecule has 0 bridgehead atoms. The Morgan fingerprint density at radius 3 is 2.76 bits per heavy atom. The first-order valence-corrected chi connectivity index (χ1v) is 8.33. The number of rotatable bonds is 6. The molecule has 0 spiro atoms. The molecule has 0 unspecified atom stereocenters. The van der Waals surface area contributed by atoms with Gasteiger partial charge in [-0.1, -0.05) is 6.07 Å². The molecule has 0 saturated heterocycles. The fraction of sp³-hybridized carbons (Fsp3) is 0.231. The zero-order valence-corrected chi connectivity index (χ0v) is 12.8. The van der Waals surface area contributed by atoms with Crippen LogP contribution < -0.4 is 9.04 Å². The van der Waals surface area contributed by atoms with Crippen LogP contribution >= 0.6 is 11.3 Å². The summed E-state index contributed by atoms with van der Waals surface area (Å²) in [5.74, 6) is -0.330. The van der Waals surface area contributed by atoms with E-state index in [-0.39, 0.29) is 28.8 Å². The van der Waals surface area contributed by atoms with Gasteiger partial charge in [0.25, 0.3) is 10.0 Å². The lowest BCUT2D eigenvalue weighted by Gasteiger charge is -2.23. The maximum Gasteiger partial charge on any atom is 0.277 e. The fourth-order valence-corrected chi connectivity index (χ4v) is 4.66. The normalized spacial score (nSPS) is 11.4. The molecule has 8 heteroatoms. The smallest absolute Gasteiger partial charge is 0.277 e. The van der Waals surface area contributed by atoms with Crippen LogP contribution in [0.3, 0.4) is 0 Å². The summed E-state index contributed by atoms with van der Waals surface area (Å²) in [5, 5.41) is 10.7. The first-order chi connectivity index (χ1) is 10.0. The second-order valence-electron chi connectivity index (χ2n) is 4.06. The molecular formula is C13H14FNO4S2. The van der Waals surface area contributed by atoms with E-state index in [1.54, 1.807) is 11.4 Å². The predicted octanol–water partition coefficient (Wildman–Crippen LogP) is 2.08. The van der Waals surface area contributed by atoms with Crippen LogP contribution in [0.4, 0.5) is 10.1 Å². The monoisotopic (exact) mass is 331 g/mol. The Hall–Kier alpha value is -1.64. The number of methoxy groups -OCH3 is 1. The summed E-state index contributed by atoms with van der Waals surface area (Å²) in [7, 11) is -2.56. The van der Waals surface area contributed by atoms with E-state index in [9.17, 15) is 12.8 Å². The molecule has 0 radical (unpaired) electrons. The highest BCUT2D eigenvalue weighted by Crippen LogP contribution is 2.34. The maximum absolute atomic E-state index is 13.3. The molecule has 114 valence electrons. The van der Waals surface area contributed by atoms with Gasteiger partial charge in [-0.25, -0.2) is 12.8 Å². The lowest BCUT2D eigenvalue weighted by atomic mass is 10.3. The molecule has 2 aromatic rings. The molecule has 5 nitrogen and oxygen atoms in total. The van der Waals surface area contributed by atoms with Gasteiger partial charge in [-0.2, -0.15) is 0 Å². The van der Waals surface area contributed by atoms with E-state index in [1.165, 1.54) is 25.3 Å². The average Bonchev–Trinajstić information content (AvgIpc) is 2.93. The number of anilines is 1. The van der Waals surface area contributed by atoms with Gasteiger partial charge >= 0.3 is 0 Å². The zero-order valence-electron chi connectivity index (χ0n) is 11.2. The minimum Gasteiger partial charge on any atom is -0.494 e. The van der Waals surface area contributed by atoms with Crippen LogP contribution in [0.1, 0.15) is 0 Å². The highest BCUT2D eigenvalue weighted by Gasteiger charge is 2.29. The molecule has 0 atom stereocenters. The summed E-state index contributed by atoms with van der Waals surface area (Å²) in [6.45, 7) is -0.559. The highest BCUT2D eigenvalue weighted by molar-refractivity contribution is 7.94. The van der Waals surface area contributed by atoms with Crippen molar-refractivity contribution >= 4 is 27.0 Å². The number of nitrogens with zero attached hydrogens (tertiary/aromatic N) is 1. The minimum atomic E-state index is -3.93. The first-order valence-electron chi connectivity index (χ1n) is 6.01. The van der Waals surface area contributed by atoms with Crippen LogP contribution in [0.2, 0.25) is 0 Å². The summed E-state index contributed by atoms with van der Waals surface area (Å²) in [4.78, 5) is 0. The number of thiophene rings is 1. The van der Waals surface area contributed by atoms with Crippen molar-refractivity contribution < 1.29 is 22.7 Å². The Bertz CT molecular complexity index is 714. The van der Waals surface area contributed by atoms with Crippen molar-refractivity contribution in [1.82, 2.24) is 0 Å². The van der Waals surface area contributed by atoms with Crippen molar-refractivity contribution in [3.05, 3.63) is 41.5 Å². The van der Waals surface area contributed by atoms with Crippen LogP contribution in [-0.2, 0) is 10.0 Å². The lowest BCUT2D eigenvalue weighted by molar-refractivity contribution is 0.306. The number of aliphatic hydroxyl groups excluding tert-OH is 1. The number of aliphatic hydroxyl groups is 1. The molecule has 1 aromatic carbocycles. The number of halogens is 1. The summed E-state index contributed by atoms with van der Waals surface area (Å²) in [5.41, 5.74) is 0.152. The molecule has 0 aliphatic carbocycles. The van der Waals surface area contributed by atoms with Crippen molar-refractivity contribution in [2.75, 3.05) is 24.6 Å². The summed E-state index contributed by atoms with van der Waals surface area (Å²) in [6.07, 6.45) is 0. The highest BCUT2D eigenvalue weighted by atomic mass is 32.2. The van der Waals surface area contributed by atoms with Gasteiger partial charge in [-0.3, -0.25) is 4.31 Å². The molecular weight excluding hydrogens is 317 g/mol. The Kier molecular flexibility index (Phi) is 4.81. The van der Waals surface area contributed by atoms with E-state index >= 15 is 0 Å². The third-order valence-corrected chi connectivity index (χ3v) is 5.99. The Labute approximate surface area is 126 Å². The van der Waals surface area contributed by atoms with Crippen LogP contribution in [0.15, 0.2) is 39.9 Å². The summed E-state index contributed by atoms with van der Waals surface area (Å²) < 4.78 is 44.7. The van der Waals surface area contributed by atoms with Gasteiger partial charge < -0.3 is 9.84 Å². The van der Waals surface area contributed by atoms with Crippen LogP contribution in [0, 0.1) is 5.82 Å². The first kappa shape index (κ1) is 15.7. The number of hydrogen-bond acceptors (Lipinski definition) is 5. The topological polar surface area (TPSA) is 66.8 Å². The van der Waals surface area contributed by atoms with Crippen molar-refractivity contribution in [1.29, 1.82) is 0 Å². The van der Waals surface area contributed by atoms with E-state index in [0.717, 1.165) is 21.7 Å². The molecule has 2 rings (SSSR count). The van der Waals surface area contributed by atoms with E-state index < -0.39 is 15.8 Å². The van der Waals surface area contributed by atoms with Crippen molar-refractivity contribution in [3.63, 3.8) is 0 Å². The third-order valence-electron chi connectivity index (χ3n) is 2.74. The molecule has 0 aliphatic rings. The van der Waals surface area contributed by atoms with Crippen LogP contribution in [0.25, 0.3) is 0 Å². The largest absolute Gasteiger partial charge is 0.494 e. The molecule has 1 heterocycles. The Morgan fingerprint density at radius 1 is 1.38 bits per heavy atom.